The molecule has 0 unspecified atom stereocenters. The van der Waals surface area contributed by atoms with Gasteiger partial charge in [-0.1, -0.05) is 36.0 Å². The summed E-state index contributed by atoms with van der Waals surface area (Å²) < 4.78 is 0. The Bertz CT molecular complexity index is 170. The highest BCUT2D eigenvalue weighted by molar-refractivity contribution is 5.10. The Morgan fingerprint density at radius 3 is 2.60 bits per heavy atom. The fourth-order valence-corrected chi connectivity index (χ4v) is 0.989. The van der Waals surface area contributed by atoms with E-state index in [0.29, 0.717) is 0 Å². The highest BCUT2D eigenvalue weighted by Gasteiger charge is 1.85. The van der Waals surface area contributed by atoms with Crippen LogP contribution in [-0.2, 0) is 0 Å². The van der Waals surface area contributed by atoms with E-state index in [4.69, 9.17) is 0 Å². The molecule has 0 amide bonds. The van der Waals surface area contributed by atoms with Gasteiger partial charge in [-0.15, -0.1) is 0 Å². The summed E-state index contributed by atoms with van der Waals surface area (Å²) in [6, 6.07) is 0. The summed E-state index contributed by atoms with van der Waals surface area (Å²) in [7, 11) is 0. The molecule has 0 aromatic rings. The van der Waals surface area contributed by atoms with Gasteiger partial charge in [0.1, 0.15) is 0 Å². The first-order chi connectivity index (χ1) is 4.89. The van der Waals surface area contributed by atoms with Crippen LogP contribution in [-0.4, -0.2) is 0 Å². The maximum absolute atomic E-state index is 2.28. The summed E-state index contributed by atoms with van der Waals surface area (Å²) in [5.41, 5.74) is 1.47. The van der Waals surface area contributed by atoms with Crippen LogP contribution in [0.15, 0.2) is 36.0 Å². The molecule has 1 aliphatic carbocycles. The Morgan fingerprint density at radius 1 is 1.00 bits per heavy atom. The van der Waals surface area contributed by atoms with Crippen molar-refractivity contribution in [2.24, 2.45) is 0 Å². The molecule has 0 aromatic heterocycles. The Balaban J connectivity index is 2.55. The van der Waals surface area contributed by atoms with Crippen LogP contribution < -0.4 is 0 Å². The Labute approximate surface area is 62.9 Å². The second kappa shape index (κ2) is 4.10. The average Bonchev–Trinajstić information content (AvgIpc) is 2.02. The SMILES string of the molecule is C/C1=C/CC=CC/C=C\C1. The van der Waals surface area contributed by atoms with Gasteiger partial charge in [-0.05, 0) is 26.2 Å². The summed E-state index contributed by atoms with van der Waals surface area (Å²) in [6.07, 6.45) is 14.5. The van der Waals surface area contributed by atoms with Crippen LogP contribution in [0.4, 0.5) is 0 Å². The molecule has 1 aliphatic rings. The van der Waals surface area contributed by atoms with Crippen molar-refractivity contribution in [1.29, 1.82) is 0 Å². The van der Waals surface area contributed by atoms with E-state index in [1.165, 1.54) is 5.57 Å². The molecular weight excluding hydrogens is 120 g/mol. The zero-order valence-corrected chi connectivity index (χ0v) is 6.51. The van der Waals surface area contributed by atoms with Crippen LogP contribution in [0.1, 0.15) is 26.2 Å². The topological polar surface area (TPSA) is 0 Å². The van der Waals surface area contributed by atoms with Crippen molar-refractivity contribution < 1.29 is 0 Å². The van der Waals surface area contributed by atoms with Crippen LogP contribution in [0.3, 0.4) is 0 Å². The lowest BCUT2D eigenvalue weighted by molar-refractivity contribution is 1.17. The zero-order chi connectivity index (χ0) is 7.23. The fourth-order valence-electron chi connectivity index (χ4n) is 0.989. The van der Waals surface area contributed by atoms with E-state index in [0.717, 1.165) is 19.3 Å². The van der Waals surface area contributed by atoms with Gasteiger partial charge in [0.05, 0.1) is 0 Å². The third-order valence-corrected chi connectivity index (χ3v) is 1.65. The van der Waals surface area contributed by atoms with Crippen molar-refractivity contribution in [1.82, 2.24) is 0 Å². The van der Waals surface area contributed by atoms with E-state index in [1.54, 1.807) is 0 Å². The first-order valence-corrected chi connectivity index (χ1v) is 3.85. The lowest BCUT2D eigenvalue weighted by Crippen LogP contribution is -1.70. The molecule has 0 nitrogen and oxygen atoms in total. The van der Waals surface area contributed by atoms with Crippen LogP contribution in [0.25, 0.3) is 0 Å². The van der Waals surface area contributed by atoms with E-state index >= 15 is 0 Å². The zero-order valence-electron chi connectivity index (χ0n) is 6.51. The van der Waals surface area contributed by atoms with E-state index in [9.17, 15) is 0 Å². The maximum Gasteiger partial charge on any atom is -0.0141 e. The van der Waals surface area contributed by atoms with Gasteiger partial charge >= 0.3 is 0 Å². The van der Waals surface area contributed by atoms with Gasteiger partial charge in [0.15, 0.2) is 0 Å². The minimum atomic E-state index is 1.10. The summed E-state index contributed by atoms with van der Waals surface area (Å²) in [4.78, 5) is 0. The molecule has 0 aromatic carbocycles. The predicted molar refractivity (Wildman–Crippen MR) is 45.9 cm³/mol. The molecule has 0 saturated carbocycles. The quantitative estimate of drug-likeness (QED) is 0.446. The van der Waals surface area contributed by atoms with Gasteiger partial charge in [0.25, 0.3) is 0 Å². The summed E-state index contributed by atoms with van der Waals surface area (Å²) >= 11 is 0. The van der Waals surface area contributed by atoms with E-state index in [1.807, 2.05) is 0 Å². The third-order valence-electron chi connectivity index (χ3n) is 1.65. The van der Waals surface area contributed by atoms with Gasteiger partial charge in [0, 0.05) is 0 Å². The largest absolute Gasteiger partial charge is 0.0844 e. The smallest absolute Gasteiger partial charge is 0.0141 e. The second-order valence-corrected chi connectivity index (χ2v) is 2.67. The molecule has 0 N–H and O–H groups in total. The summed E-state index contributed by atoms with van der Waals surface area (Å²) in [5.74, 6) is 0. The van der Waals surface area contributed by atoms with E-state index in [-0.39, 0.29) is 0 Å². The first kappa shape index (κ1) is 7.33. The van der Waals surface area contributed by atoms with Crippen molar-refractivity contribution in [2.75, 3.05) is 0 Å². The second-order valence-electron chi connectivity index (χ2n) is 2.67. The van der Waals surface area contributed by atoms with Gasteiger partial charge in [-0.3, -0.25) is 0 Å². The molecule has 0 heterocycles. The lowest BCUT2D eigenvalue weighted by atomic mass is 10.2. The van der Waals surface area contributed by atoms with Crippen LogP contribution >= 0.6 is 0 Å². The van der Waals surface area contributed by atoms with Crippen LogP contribution in [0.5, 0.6) is 0 Å². The van der Waals surface area contributed by atoms with Crippen molar-refractivity contribution >= 4 is 0 Å². The summed E-state index contributed by atoms with van der Waals surface area (Å²) in [6.45, 7) is 2.18. The first-order valence-electron chi connectivity index (χ1n) is 3.85. The maximum atomic E-state index is 2.28. The Morgan fingerprint density at radius 2 is 1.70 bits per heavy atom. The normalized spacial score (nSPS) is 27.5. The molecule has 0 spiro atoms. The van der Waals surface area contributed by atoms with Crippen molar-refractivity contribution in [3.05, 3.63) is 36.0 Å². The molecule has 54 valence electrons. The van der Waals surface area contributed by atoms with E-state index in [2.05, 4.69) is 37.3 Å². The van der Waals surface area contributed by atoms with Crippen LogP contribution in [0.2, 0.25) is 0 Å². The minimum absolute atomic E-state index is 1.10. The molecular formula is C10H14. The Hall–Kier alpha value is -0.780. The lowest BCUT2D eigenvalue weighted by Gasteiger charge is -1.91. The summed E-state index contributed by atoms with van der Waals surface area (Å²) in [5, 5.41) is 0. The highest BCUT2D eigenvalue weighted by atomic mass is 13.9. The molecule has 0 bridgehead atoms. The minimum Gasteiger partial charge on any atom is -0.0844 e. The van der Waals surface area contributed by atoms with E-state index < -0.39 is 0 Å². The molecule has 0 heteroatoms. The molecule has 0 atom stereocenters. The molecule has 0 saturated heterocycles. The fraction of sp³-hybridized carbons (Fsp3) is 0.400. The number of hydrogen-bond donors (Lipinski definition) is 0. The number of allylic oxidation sites excluding steroid dienone is 6. The van der Waals surface area contributed by atoms with Crippen LogP contribution in [0, 0.1) is 0 Å². The molecule has 0 radical (unpaired) electrons. The molecule has 0 fully saturated rings. The third kappa shape index (κ3) is 2.67. The standard InChI is InChI=1S/C10H14/c1-10-8-6-4-2-3-5-7-9-10/h2,4-5,7-8H,3,6,9H2,1H3/b4-2?,7-5-,10-8-. The van der Waals surface area contributed by atoms with Gasteiger partial charge in [0.2, 0.25) is 0 Å². The average molecular weight is 134 g/mol. The Kier molecular flexibility index (Phi) is 3.01. The molecule has 10 heavy (non-hydrogen) atoms. The number of hydrogen-bond acceptors (Lipinski definition) is 0. The monoisotopic (exact) mass is 134 g/mol. The molecule has 0 aliphatic heterocycles. The highest BCUT2D eigenvalue weighted by Crippen LogP contribution is 2.06. The van der Waals surface area contributed by atoms with Crippen molar-refractivity contribution in [3.8, 4) is 0 Å². The van der Waals surface area contributed by atoms with Gasteiger partial charge < -0.3 is 0 Å². The van der Waals surface area contributed by atoms with Crippen molar-refractivity contribution in [3.63, 3.8) is 0 Å². The predicted octanol–water partition coefficient (Wildman–Crippen LogP) is 3.23. The van der Waals surface area contributed by atoms with Gasteiger partial charge in [-0.25, -0.2) is 0 Å². The molecule has 1 rings (SSSR count). The number of rotatable bonds is 0. The van der Waals surface area contributed by atoms with Gasteiger partial charge in [-0.2, -0.15) is 0 Å². The van der Waals surface area contributed by atoms with Crippen molar-refractivity contribution in [2.45, 2.75) is 26.2 Å².